The van der Waals surface area contributed by atoms with Crippen LogP contribution in [0.25, 0.3) is 0 Å². The van der Waals surface area contributed by atoms with Crippen LogP contribution in [-0.2, 0) is 19.0 Å². The van der Waals surface area contributed by atoms with Gasteiger partial charge in [-0.15, -0.1) is 0 Å². The first kappa shape index (κ1) is 28.5. The molecule has 2 aliphatic rings. The van der Waals surface area contributed by atoms with Crippen LogP contribution in [-0.4, -0.2) is 68.5 Å². The lowest BCUT2D eigenvalue weighted by Gasteiger charge is -2.50. The molecule has 2 saturated heterocycles. The lowest BCUT2D eigenvalue weighted by Crippen LogP contribution is -2.61. The maximum atomic E-state index is 13.5. The predicted molar refractivity (Wildman–Crippen MR) is 146 cm³/mol. The van der Waals surface area contributed by atoms with Crippen LogP contribution >= 0.6 is 0 Å². The van der Waals surface area contributed by atoms with E-state index in [1.54, 1.807) is 7.11 Å². The lowest BCUT2D eigenvalue weighted by molar-refractivity contribution is -0.154. The second kappa shape index (κ2) is 12.4. The molecular formula is C30H41N3O4. The summed E-state index contributed by atoms with van der Waals surface area (Å²) >= 11 is 0. The van der Waals surface area contributed by atoms with Crippen LogP contribution in [0.1, 0.15) is 53.0 Å². The van der Waals surface area contributed by atoms with Crippen LogP contribution in [0.4, 0.5) is 5.69 Å². The Morgan fingerprint density at radius 2 is 2.00 bits per heavy atom. The Morgan fingerprint density at radius 1 is 1.30 bits per heavy atom. The van der Waals surface area contributed by atoms with E-state index in [0.717, 1.165) is 35.4 Å². The molecule has 7 heteroatoms. The first-order valence-corrected chi connectivity index (χ1v) is 13.0. The third-order valence-corrected chi connectivity index (χ3v) is 6.99. The predicted octanol–water partition coefficient (Wildman–Crippen LogP) is 4.99. The molecule has 2 aliphatic heterocycles. The quantitative estimate of drug-likeness (QED) is 0.280. The van der Waals surface area contributed by atoms with Gasteiger partial charge < -0.3 is 24.0 Å². The number of morpholine rings is 1. The zero-order valence-corrected chi connectivity index (χ0v) is 23.2. The molecule has 0 N–H and O–H groups in total. The second-order valence-electron chi connectivity index (χ2n) is 10.5. The number of carbonyl (C=O) groups excluding carboxylic acids is 1. The number of hydrogen-bond donors (Lipinski definition) is 0. The van der Waals surface area contributed by atoms with Crippen molar-refractivity contribution in [3.63, 3.8) is 0 Å². The molecule has 7 nitrogen and oxygen atoms in total. The van der Waals surface area contributed by atoms with Crippen molar-refractivity contribution in [3.8, 4) is 6.07 Å². The van der Waals surface area contributed by atoms with Gasteiger partial charge in [-0.25, -0.2) is 0 Å². The van der Waals surface area contributed by atoms with Gasteiger partial charge in [0.2, 0.25) is 0 Å². The van der Waals surface area contributed by atoms with Gasteiger partial charge in [-0.05, 0) is 82.9 Å². The number of benzene rings is 1. The minimum absolute atomic E-state index is 0.0122. The first-order chi connectivity index (χ1) is 17.6. The molecule has 200 valence electrons. The summed E-state index contributed by atoms with van der Waals surface area (Å²) in [5, 5.41) is 9.36. The summed E-state index contributed by atoms with van der Waals surface area (Å²) in [7, 11) is 1.68. The number of anilines is 1. The van der Waals surface area contributed by atoms with Gasteiger partial charge in [-0.3, -0.25) is 4.79 Å². The van der Waals surface area contributed by atoms with E-state index in [1.165, 1.54) is 0 Å². The average molecular weight is 508 g/mol. The number of hydrogen-bond acceptors (Lipinski definition) is 6. The standard InChI is InChI=1S/C30H41N3O4/c1-21(2)28(15-23(5)24(6)36-22(3)4)29(34)32-13-11-30(12-14-32)20-33(18-27(37-30)19-35-7)26-10-8-9-25(16-26)17-31/h8-10,15-16,22,27H,1,11-14,18-20H2,2-7H3. The number of nitriles is 1. The largest absolute Gasteiger partial charge is 0.495 e. The summed E-state index contributed by atoms with van der Waals surface area (Å²) in [6, 6.07) is 9.92. The molecule has 1 unspecified atom stereocenters. The van der Waals surface area contributed by atoms with Gasteiger partial charge in [0.1, 0.15) is 0 Å². The number of amides is 1. The SMILES string of the molecule is C=C(C)C(=CC(C)=C(C)OC(C)C)C(=O)N1CCC2(CC1)CN(c1cccc(C#N)c1)CC(COC)O2. The Balaban J connectivity index is 1.77. The molecule has 2 heterocycles. The molecule has 37 heavy (non-hydrogen) atoms. The van der Waals surface area contributed by atoms with Crippen LogP contribution in [0.5, 0.6) is 0 Å². The normalized spacial score (nSPS) is 20.5. The van der Waals surface area contributed by atoms with Gasteiger partial charge in [0, 0.05) is 44.5 Å². The third-order valence-electron chi connectivity index (χ3n) is 6.99. The molecule has 0 saturated carbocycles. The summed E-state index contributed by atoms with van der Waals surface area (Å²) in [4.78, 5) is 17.7. The van der Waals surface area contributed by atoms with Crippen molar-refractivity contribution in [2.75, 3.05) is 44.8 Å². The minimum atomic E-state index is -0.383. The number of carbonyl (C=O) groups is 1. The number of likely N-dealkylation sites (tertiary alicyclic amines) is 1. The highest BCUT2D eigenvalue weighted by atomic mass is 16.5. The third kappa shape index (κ3) is 7.24. The number of piperidine rings is 1. The molecule has 1 aromatic carbocycles. The summed E-state index contributed by atoms with van der Waals surface area (Å²) in [5.41, 5.74) is 3.53. The number of nitrogens with zero attached hydrogens (tertiary/aromatic N) is 3. The number of rotatable bonds is 8. The highest BCUT2D eigenvalue weighted by molar-refractivity contribution is 5.98. The molecular weight excluding hydrogens is 466 g/mol. The average Bonchev–Trinajstić information content (AvgIpc) is 2.86. The molecule has 0 bridgehead atoms. The van der Waals surface area contributed by atoms with Crippen molar-refractivity contribution in [3.05, 3.63) is 65.0 Å². The van der Waals surface area contributed by atoms with Gasteiger partial charge in [-0.2, -0.15) is 5.26 Å². The second-order valence-corrected chi connectivity index (χ2v) is 10.5. The Labute approximate surface area is 222 Å². The maximum Gasteiger partial charge on any atom is 0.254 e. The van der Waals surface area contributed by atoms with Crippen molar-refractivity contribution in [2.24, 2.45) is 0 Å². The summed E-state index contributed by atoms with van der Waals surface area (Å²) in [6.07, 6.45) is 3.32. The highest BCUT2D eigenvalue weighted by Crippen LogP contribution is 2.35. The van der Waals surface area contributed by atoms with Gasteiger partial charge in [-0.1, -0.05) is 12.6 Å². The summed E-state index contributed by atoms with van der Waals surface area (Å²) in [6.45, 7) is 16.9. The molecule has 3 rings (SSSR count). The van der Waals surface area contributed by atoms with Crippen molar-refractivity contribution < 1.29 is 19.0 Å². The molecule has 0 aliphatic carbocycles. The first-order valence-electron chi connectivity index (χ1n) is 13.0. The molecule has 1 aromatic rings. The maximum absolute atomic E-state index is 13.5. The molecule has 2 fully saturated rings. The van der Waals surface area contributed by atoms with Crippen molar-refractivity contribution in [1.82, 2.24) is 4.90 Å². The van der Waals surface area contributed by atoms with Crippen molar-refractivity contribution in [2.45, 2.75) is 65.3 Å². The van der Waals surface area contributed by atoms with Crippen LogP contribution in [0, 0.1) is 11.3 Å². The van der Waals surface area contributed by atoms with Gasteiger partial charge in [0.25, 0.3) is 5.91 Å². The fourth-order valence-electron chi connectivity index (χ4n) is 5.02. The van der Waals surface area contributed by atoms with Crippen LogP contribution in [0.3, 0.4) is 0 Å². The molecule has 1 atom stereocenters. The minimum Gasteiger partial charge on any atom is -0.495 e. The zero-order chi connectivity index (χ0) is 27.2. The number of allylic oxidation sites excluding steroid dienone is 3. The van der Waals surface area contributed by atoms with Crippen LogP contribution in [0.15, 0.2) is 59.4 Å². The number of ether oxygens (including phenoxy) is 3. The summed E-state index contributed by atoms with van der Waals surface area (Å²) < 4.78 is 17.9. The Kier molecular flexibility index (Phi) is 9.58. The van der Waals surface area contributed by atoms with Crippen molar-refractivity contribution >= 4 is 11.6 Å². The van der Waals surface area contributed by atoms with Gasteiger partial charge >= 0.3 is 0 Å². The zero-order valence-electron chi connectivity index (χ0n) is 23.2. The Hall–Kier alpha value is -3.08. The van der Waals surface area contributed by atoms with Crippen molar-refractivity contribution in [1.29, 1.82) is 5.26 Å². The van der Waals surface area contributed by atoms with E-state index < -0.39 is 0 Å². The van der Waals surface area contributed by atoms with E-state index in [4.69, 9.17) is 14.2 Å². The highest BCUT2D eigenvalue weighted by Gasteiger charge is 2.44. The monoisotopic (exact) mass is 507 g/mol. The number of methoxy groups -OCH3 is 1. The van der Waals surface area contributed by atoms with E-state index in [0.29, 0.717) is 43.9 Å². The fourth-order valence-corrected chi connectivity index (χ4v) is 5.02. The molecule has 1 spiro atoms. The molecule has 0 aromatic heterocycles. The van der Waals surface area contributed by atoms with E-state index in [1.807, 2.05) is 69.9 Å². The lowest BCUT2D eigenvalue weighted by atomic mass is 9.87. The van der Waals surface area contributed by atoms with E-state index in [2.05, 4.69) is 17.5 Å². The summed E-state index contributed by atoms with van der Waals surface area (Å²) in [5.74, 6) is 0.793. The van der Waals surface area contributed by atoms with E-state index in [-0.39, 0.29) is 23.7 Å². The fraction of sp³-hybridized carbons (Fsp3) is 0.533. The smallest absolute Gasteiger partial charge is 0.254 e. The topological polar surface area (TPSA) is 75.0 Å². The Bertz CT molecular complexity index is 1090. The Morgan fingerprint density at radius 3 is 2.59 bits per heavy atom. The molecule has 0 radical (unpaired) electrons. The van der Waals surface area contributed by atoms with Gasteiger partial charge in [0.15, 0.2) is 0 Å². The van der Waals surface area contributed by atoms with Gasteiger partial charge in [0.05, 0.1) is 41.8 Å². The molecule has 1 amide bonds. The van der Waals surface area contributed by atoms with Crippen LogP contribution in [0.2, 0.25) is 0 Å². The van der Waals surface area contributed by atoms with Crippen LogP contribution < -0.4 is 4.90 Å². The van der Waals surface area contributed by atoms with E-state index in [9.17, 15) is 10.1 Å². The van der Waals surface area contributed by atoms with E-state index >= 15 is 0 Å².